The Hall–Kier alpha value is -0.950. The fourth-order valence-corrected chi connectivity index (χ4v) is 1.58. The van der Waals surface area contributed by atoms with Crippen molar-refractivity contribution >= 4 is 15.9 Å². The van der Waals surface area contributed by atoms with Crippen LogP contribution in [0.15, 0.2) is 16.6 Å². The summed E-state index contributed by atoms with van der Waals surface area (Å²) in [6.07, 6.45) is -4.54. The van der Waals surface area contributed by atoms with Crippen LogP contribution in [0.5, 0.6) is 11.5 Å². The van der Waals surface area contributed by atoms with Gasteiger partial charge in [0.25, 0.3) is 0 Å². The Balaban J connectivity index is 3.21. The maximum Gasteiger partial charge on any atom is 0.407 e. The van der Waals surface area contributed by atoms with Crippen molar-refractivity contribution in [3.63, 3.8) is 0 Å². The summed E-state index contributed by atoms with van der Waals surface area (Å²) >= 11 is 2.92. The molecule has 0 radical (unpaired) electrons. The lowest BCUT2D eigenvalue weighted by atomic mass is 10.1. The molecule has 16 heavy (non-hydrogen) atoms. The fraction of sp³-hybridized carbons (Fsp3) is 0.333. The number of nitrogens with two attached hydrogens (primary N) is 1. The molecule has 1 aromatic rings. The third kappa shape index (κ3) is 2.59. The predicted octanol–water partition coefficient (Wildman–Crippen LogP) is 2.73. The lowest BCUT2D eigenvalue weighted by Crippen LogP contribution is -2.28. The van der Waals surface area contributed by atoms with Gasteiger partial charge >= 0.3 is 6.18 Å². The van der Waals surface area contributed by atoms with Crippen LogP contribution >= 0.6 is 15.9 Å². The summed E-state index contributed by atoms with van der Waals surface area (Å²) in [6, 6.07) is 0.0483. The second-order valence-electron chi connectivity index (χ2n) is 3.07. The van der Waals surface area contributed by atoms with Crippen LogP contribution in [0.2, 0.25) is 0 Å². The van der Waals surface area contributed by atoms with E-state index in [2.05, 4.69) is 15.9 Å². The number of hydrogen-bond acceptors (Lipinski definition) is 3. The number of phenols is 1. The number of rotatable bonds is 2. The van der Waals surface area contributed by atoms with Gasteiger partial charge in [-0.1, -0.05) is 0 Å². The number of aromatic hydroxyl groups is 1. The van der Waals surface area contributed by atoms with E-state index < -0.39 is 12.2 Å². The third-order valence-corrected chi connectivity index (χ3v) is 2.59. The first kappa shape index (κ1) is 13.1. The number of hydrogen-bond donors (Lipinski definition) is 2. The summed E-state index contributed by atoms with van der Waals surface area (Å²) in [5.74, 6) is -0.329. The highest BCUT2D eigenvalue weighted by Gasteiger charge is 2.38. The average Bonchev–Trinajstić information content (AvgIpc) is 2.19. The molecule has 0 aliphatic carbocycles. The van der Waals surface area contributed by atoms with E-state index in [1.54, 1.807) is 0 Å². The summed E-state index contributed by atoms with van der Waals surface area (Å²) in [7, 11) is 1.24. The molecular weight excluding hydrogens is 291 g/mol. The zero-order chi connectivity index (χ0) is 12.5. The summed E-state index contributed by atoms with van der Waals surface area (Å²) < 4.78 is 41.9. The number of methoxy groups -OCH3 is 1. The van der Waals surface area contributed by atoms with E-state index in [4.69, 9.17) is 10.5 Å². The smallest absolute Gasteiger partial charge is 0.407 e. The highest BCUT2D eigenvalue weighted by atomic mass is 79.9. The maximum atomic E-state index is 12.4. The minimum absolute atomic E-state index is 0.0657. The molecule has 0 spiro atoms. The Morgan fingerprint density at radius 1 is 1.44 bits per heavy atom. The number of benzene rings is 1. The molecule has 0 heterocycles. The molecule has 1 aromatic carbocycles. The number of phenolic OH excluding ortho intramolecular Hbond substituents is 1. The first-order chi connectivity index (χ1) is 7.27. The first-order valence-electron chi connectivity index (χ1n) is 4.16. The molecule has 0 amide bonds. The zero-order valence-corrected chi connectivity index (χ0v) is 9.76. The largest absolute Gasteiger partial charge is 0.503 e. The Kier molecular flexibility index (Phi) is 3.69. The molecule has 1 rings (SSSR count). The maximum absolute atomic E-state index is 12.4. The van der Waals surface area contributed by atoms with Crippen LogP contribution in [0.3, 0.4) is 0 Å². The van der Waals surface area contributed by atoms with Gasteiger partial charge in [-0.3, -0.25) is 0 Å². The fourth-order valence-electron chi connectivity index (χ4n) is 1.12. The second kappa shape index (κ2) is 4.50. The second-order valence-corrected chi connectivity index (χ2v) is 3.93. The van der Waals surface area contributed by atoms with Crippen LogP contribution in [-0.4, -0.2) is 18.4 Å². The lowest BCUT2D eigenvalue weighted by molar-refractivity contribution is -0.149. The zero-order valence-electron chi connectivity index (χ0n) is 8.18. The van der Waals surface area contributed by atoms with Gasteiger partial charge in [0.2, 0.25) is 0 Å². The molecule has 7 heteroatoms. The molecular formula is C9H9BrF3NO2. The van der Waals surface area contributed by atoms with Crippen molar-refractivity contribution in [2.45, 2.75) is 12.2 Å². The van der Waals surface area contributed by atoms with Crippen molar-refractivity contribution in [3.8, 4) is 11.5 Å². The molecule has 0 unspecified atom stereocenters. The van der Waals surface area contributed by atoms with E-state index in [1.807, 2.05) is 0 Å². The number of ether oxygens (including phenoxy) is 1. The van der Waals surface area contributed by atoms with Gasteiger partial charge in [-0.15, -0.1) is 0 Å². The van der Waals surface area contributed by atoms with Crippen LogP contribution in [-0.2, 0) is 0 Å². The van der Waals surface area contributed by atoms with Crippen molar-refractivity contribution in [3.05, 3.63) is 22.2 Å². The van der Waals surface area contributed by atoms with E-state index in [1.165, 1.54) is 7.11 Å². The molecule has 0 aliphatic heterocycles. The van der Waals surface area contributed by atoms with E-state index >= 15 is 0 Å². The van der Waals surface area contributed by atoms with Gasteiger partial charge in [0, 0.05) is 0 Å². The number of alkyl halides is 3. The van der Waals surface area contributed by atoms with Crippen LogP contribution in [0.25, 0.3) is 0 Å². The highest BCUT2D eigenvalue weighted by molar-refractivity contribution is 9.10. The minimum atomic E-state index is -4.54. The van der Waals surface area contributed by atoms with Crippen molar-refractivity contribution in [1.82, 2.24) is 0 Å². The van der Waals surface area contributed by atoms with Gasteiger partial charge in [-0.25, -0.2) is 0 Å². The van der Waals surface area contributed by atoms with Gasteiger partial charge in [-0.05, 0) is 33.6 Å². The lowest BCUT2D eigenvalue weighted by Gasteiger charge is -2.17. The van der Waals surface area contributed by atoms with Crippen LogP contribution in [0.4, 0.5) is 13.2 Å². The third-order valence-electron chi connectivity index (χ3n) is 1.98. The van der Waals surface area contributed by atoms with Gasteiger partial charge < -0.3 is 15.6 Å². The van der Waals surface area contributed by atoms with E-state index in [0.717, 1.165) is 12.1 Å². The molecule has 0 fully saturated rings. The molecule has 0 saturated carbocycles. The molecule has 3 nitrogen and oxygen atoms in total. The molecule has 3 N–H and O–H groups in total. The average molecular weight is 300 g/mol. The Morgan fingerprint density at radius 3 is 2.44 bits per heavy atom. The molecule has 90 valence electrons. The molecule has 0 aliphatic rings. The van der Waals surface area contributed by atoms with Gasteiger partial charge in [0.1, 0.15) is 6.04 Å². The first-order valence-corrected chi connectivity index (χ1v) is 4.95. The van der Waals surface area contributed by atoms with Crippen molar-refractivity contribution in [1.29, 1.82) is 0 Å². The topological polar surface area (TPSA) is 55.5 Å². The SMILES string of the molecule is COc1cc([C@H](N)C(F)(F)F)cc(Br)c1O. The van der Waals surface area contributed by atoms with Gasteiger partial charge in [0.15, 0.2) is 11.5 Å². The molecule has 0 bridgehead atoms. The monoisotopic (exact) mass is 299 g/mol. The standard InChI is InChI=1S/C9H9BrF3NO2/c1-16-6-3-4(2-5(10)7(6)15)8(14)9(11,12)13/h2-3,8,15H,14H2,1H3/t8-/m0/s1. The summed E-state index contributed by atoms with van der Waals surface area (Å²) in [6.45, 7) is 0. The summed E-state index contributed by atoms with van der Waals surface area (Å²) in [5.41, 5.74) is 4.85. The van der Waals surface area contributed by atoms with Crippen LogP contribution < -0.4 is 10.5 Å². The number of halogens is 4. The summed E-state index contributed by atoms with van der Waals surface area (Å²) in [5, 5.41) is 9.41. The van der Waals surface area contributed by atoms with Crippen molar-refractivity contribution in [2.75, 3.05) is 7.11 Å². The summed E-state index contributed by atoms with van der Waals surface area (Å²) in [4.78, 5) is 0. The normalized spacial score (nSPS) is 13.6. The molecule has 0 aromatic heterocycles. The Morgan fingerprint density at radius 2 is 2.00 bits per heavy atom. The quantitative estimate of drug-likeness (QED) is 0.883. The minimum Gasteiger partial charge on any atom is -0.503 e. The predicted molar refractivity (Wildman–Crippen MR) is 55.3 cm³/mol. The van der Waals surface area contributed by atoms with Crippen molar-refractivity contribution < 1.29 is 23.0 Å². The Labute approximate surface area is 98.1 Å². The van der Waals surface area contributed by atoms with E-state index in [9.17, 15) is 18.3 Å². The van der Waals surface area contributed by atoms with E-state index in [-0.39, 0.29) is 21.5 Å². The van der Waals surface area contributed by atoms with Crippen molar-refractivity contribution in [2.24, 2.45) is 5.73 Å². The van der Waals surface area contributed by atoms with E-state index in [0.29, 0.717) is 0 Å². The van der Waals surface area contributed by atoms with Gasteiger partial charge in [0.05, 0.1) is 11.6 Å². The van der Waals surface area contributed by atoms with Gasteiger partial charge in [-0.2, -0.15) is 13.2 Å². The highest BCUT2D eigenvalue weighted by Crippen LogP contribution is 2.39. The molecule has 1 atom stereocenters. The van der Waals surface area contributed by atoms with Crippen LogP contribution in [0.1, 0.15) is 11.6 Å². The van der Waals surface area contributed by atoms with Crippen LogP contribution in [0, 0.1) is 0 Å². The Bertz CT molecular complexity index is 395. The molecule has 0 saturated heterocycles.